The largest absolute Gasteiger partial charge is 0.349 e. The molecule has 0 fully saturated rings. The van der Waals surface area contributed by atoms with E-state index < -0.39 is 0 Å². The average molecular weight is 324 g/mol. The summed E-state index contributed by atoms with van der Waals surface area (Å²) in [4.78, 5) is 23.3. The Bertz CT molecular complexity index is 691. The molecule has 0 unspecified atom stereocenters. The molecule has 2 aromatic carbocycles. The first-order valence-corrected chi connectivity index (χ1v) is 8.20. The van der Waals surface area contributed by atoms with Crippen molar-refractivity contribution < 1.29 is 9.59 Å². The Morgan fingerprint density at radius 2 is 1.62 bits per heavy atom. The second-order valence-corrected chi connectivity index (χ2v) is 5.99. The Labute approximate surface area is 143 Å². The van der Waals surface area contributed by atoms with Gasteiger partial charge in [0.1, 0.15) is 0 Å². The highest BCUT2D eigenvalue weighted by atomic mass is 16.2. The average Bonchev–Trinajstić information content (AvgIpc) is 2.55. The van der Waals surface area contributed by atoms with Gasteiger partial charge in [-0.25, -0.2) is 0 Å². The van der Waals surface area contributed by atoms with Crippen LogP contribution in [0.5, 0.6) is 0 Å². The van der Waals surface area contributed by atoms with Crippen LogP contribution < -0.4 is 10.6 Å². The van der Waals surface area contributed by atoms with Crippen molar-refractivity contribution >= 4 is 17.5 Å². The minimum atomic E-state index is -0.107. The lowest BCUT2D eigenvalue weighted by Gasteiger charge is -2.18. The summed E-state index contributed by atoms with van der Waals surface area (Å²) in [5.41, 5.74) is 3.98. The molecule has 0 heterocycles. The third-order valence-electron chi connectivity index (χ3n) is 3.86. The molecule has 0 radical (unpaired) electrons. The molecular formula is C20H24N2O2. The Morgan fingerprint density at radius 3 is 2.17 bits per heavy atom. The Balaban J connectivity index is 1.96. The van der Waals surface area contributed by atoms with Crippen molar-refractivity contribution in [2.45, 2.75) is 39.7 Å². The minimum Gasteiger partial charge on any atom is -0.349 e. The number of carbonyl (C=O) groups excluding carboxylic acids is 2. The molecule has 4 heteroatoms. The number of hydrogen-bond donors (Lipinski definition) is 2. The second kappa shape index (κ2) is 8.29. The summed E-state index contributed by atoms with van der Waals surface area (Å²) >= 11 is 0. The summed E-state index contributed by atoms with van der Waals surface area (Å²) in [7, 11) is 0. The first-order valence-electron chi connectivity index (χ1n) is 8.20. The number of rotatable bonds is 6. The van der Waals surface area contributed by atoms with Crippen molar-refractivity contribution in [3.8, 4) is 0 Å². The lowest BCUT2D eigenvalue weighted by atomic mass is 10.0. The van der Waals surface area contributed by atoms with E-state index in [0.29, 0.717) is 6.42 Å². The van der Waals surface area contributed by atoms with Gasteiger partial charge in [0, 0.05) is 12.6 Å². The number of hydrogen-bond acceptors (Lipinski definition) is 2. The van der Waals surface area contributed by atoms with E-state index in [1.807, 2.05) is 19.1 Å². The summed E-state index contributed by atoms with van der Waals surface area (Å²) in [6.07, 6.45) is 1.17. The van der Waals surface area contributed by atoms with Crippen LogP contribution in [0.3, 0.4) is 0 Å². The molecular weight excluding hydrogens is 300 g/mol. The topological polar surface area (TPSA) is 58.2 Å². The molecule has 0 aliphatic carbocycles. The molecule has 0 aliphatic heterocycles. The highest BCUT2D eigenvalue weighted by Gasteiger charge is 2.13. The van der Waals surface area contributed by atoms with E-state index in [0.717, 1.165) is 23.2 Å². The standard InChI is InChI=1S/C20H24N2O2/c1-4-19(17-9-5-14(2)6-10-17)22-20(24)13-16-7-11-18(12-8-16)21-15(3)23/h5-12,19H,4,13H2,1-3H3,(H,21,23)(H,22,24)/t19-/m0/s1. The fourth-order valence-corrected chi connectivity index (χ4v) is 2.56. The van der Waals surface area contributed by atoms with Crippen LogP contribution in [0.25, 0.3) is 0 Å². The summed E-state index contributed by atoms with van der Waals surface area (Å²) in [5.74, 6) is -0.112. The number of amides is 2. The SMILES string of the molecule is CC[C@H](NC(=O)Cc1ccc(NC(C)=O)cc1)c1ccc(C)cc1. The lowest BCUT2D eigenvalue weighted by Crippen LogP contribution is -2.29. The molecule has 0 aromatic heterocycles. The van der Waals surface area contributed by atoms with E-state index >= 15 is 0 Å². The van der Waals surface area contributed by atoms with Gasteiger partial charge in [-0.1, -0.05) is 48.9 Å². The van der Waals surface area contributed by atoms with Crippen LogP contribution in [0.4, 0.5) is 5.69 Å². The maximum atomic E-state index is 12.3. The van der Waals surface area contributed by atoms with Gasteiger partial charge in [-0.05, 0) is 36.6 Å². The molecule has 2 amide bonds. The van der Waals surface area contributed by atoms with E-state index in [9.17, 15) is 9.59 Å². The summed E-state index contributed by atoms with van der Waals surface area (Å²) in [6, 6.07) is 15.6. The van der Waals surface area contributed by atoms with Crippen molar-refractivity contribution in [3.05, 3.63) is 65.2 Å². The van der Waals surface area contributed by atoms with Gasteiger partial charge in [0.25, 0.3) is 0 Å². The highest BCUT2D eigenvalue weighted by Crippen LogP contribution is 2.17. The Kier molecular flexibility index (Phi) is 6.13. The summed E-state index contributed by atoms with van der Waals surface area (Å²) in [6.45, 7) is 5.58. The van der Waals surface area contributed by atoms with Crippen LogP contribution in [-0.4, -0.2) is 11.8 Å². The maximum Gasteiger partial charge on any atom is 0.224 e. The van der Waals surface area contributed by atoms with Gasteiger partial charge in [-0.3, -0.25) is 9.59 Å². The van der Waals surface area contributed by atoms with E-state index in [1.165, 1.54) is 12.5 Å². The molecule has 1 atom stereocenters. The molecule has 0 bridgehead atoms. The predicted molar refractivity (Wildman–Crippen MR) is 96.8 cm³/mol. The normalized spacial score (nSPS) is 11.6. The van der Waals surface area contributed by atoms with Gasteiger partial charge in [-0.2, -0.15) is 0 Å². The first-order chi connectivity index (χ1) is 11.5. The molecule has 2 N–H and O–H groups in total. The minimum absolute atomic E-state index is 0.00491. The molecule has 2 rings (SSSR count). The molecule has 4 nitrogen and oxygen atoms in total. The smallest absolute Gasteiger partial charge is 0.224 e. The number of aryl methyl sites for hydroxylation is 1. The van der Waals surface area contributed by atoms with Crippen molar-refractivity contribution in [1.82, 2.24) is 5.32 Å². The Morgan fingerprint density at radius 1 is 1.00 bits per heavy atom. The number of anilines is 1. The molecule has 24 heavy (non-hydrogen) atoms. The molecule has 0 spiro atoms. The van der Waals surface area contributed by atoms with Crippen LogP contribution in [-0.2, 0) is 16.0 Å². The van der Waals surface area contributed by atoms with Crippen LogP contribution in [0, 0.1) is 6.92 Å². The Hall–Kier alpha value is -2.62. The van der Waals surface area contributed by atoms with Crippen molar-refractivity contribution in [1.29, 1.82) is 0 Å². The second-order valence-electron chi connectivity index (χ2n) is 5.99. The third-order valence-corrected chi connectivity index (χ3v) is 3.86. The highest BCUT2D eigenvalue weighted by molar-refractivity contribution is 5.88. The van der Waals surface area contributed by atoms with Crippen molar-refractivity contribution in [2.75, 3.05) is 5.32 Å². The zero-order valence-corrected chi connectivity index (χ0v) is 14.4. The number of benzene rings is 2. The summed E-state index contributed by atoms with van der Waals surface area (Å²) in [5, 5.41) is 5.80. The van der Waals surface area contributed by atoms with E-state index in [-0.39, 0.29) is 17.9 Å². The van der Waals surface area contributed by atoms with Gasteiger partial charge in [0.2, 0.25) is 11.8 Å². The van der Waals surface area contributed by atoms with E-state index in [1.54, 1.807) is 12.1 Å². The monoisotopic (exact) mass is 324 g/mol. The molecule has 126 valence electrons. The summed E-state index contributed by atoms with van der Waals surface area (Å²) < 4.78 is 0. The lowest BCUT2D eigenvalue weighted by molar-refractivity contribution is -0.121. The van der Waals surface area contributed by atoms with E-state index in [2.05, 4.69) is 41.8 Å². The fourth-order valence-electron chi connectivity index (χ4n) is 2.56. The van der Waals surface area contributed by atoms with Gasteiger partial charge in [-0.15, -0.1) is 0 Å². The van der Waals surface area contributed by atoms with Crippen LogP contribution >= 0.6 is 0 Å². The fraction of sp³-hybridized carbons (Fsp3) is 0.300. The van der Waals surface area contributed by atoms with E-state index in [4.69, 9.17) is 0 Å². The van der Waals surface area contributed by atoms with Crippen LogP contribution in [0.1, 0.15) is 43.0 Å². The van der Waals surface area contributed by atoms with Gasteiger partial charge in [0.15, 0.2) is 0 Å². The molecule has 0 saturated heterocycles. The zero-order valence-electron chi connectivity index (χ0n) is 14.4. The third kappa shape index (κ3) is 5.23. The number of nitrogens with one attached hydrogen (secondary N) is 2. The predicted octanol–water partition coefficient (Wildman–Crippen LogP) is 3.76. The van der Waals surface area contributed by atoms with Crippen LogP contribution in [0.15, 0.2) is 48.5 Å². The number of carbonyl (C=O) groups is 2. The van der Waals surface area contributed by atoms with Gasteiger partial charge < -0.3 is 10.6 Å². The van der Waals surface area contributed by atoms with Gasteiger partial charge in [0.05, 0.1) is 12.5 Å². The van der Waals surface area contributed by atoms with Gasteiger partial charge >= 0.3 is 0 Å². The molecule has 2 aromatic rings. The molecule has 0 aliphatic rings. The van der Waals surface area contributed by atoms with Crippen molar-refractivity contribution in [2.24, 2.45) is 0 Å². The van der Waals surface area contributed by atoms with Crippen molar-refractivity contribution in [3.63, 3.8) is 0 Å². The quantitative estimate of drug-likeness (QED) is 0.850. The van der Waals surface area contributed by atoms with Crippen LogP contribution in [0.2, 0.25) is 0 Å². The molecule has 0 saturated carbocycles. The maximum absolute atomic E-state index is 12.3. The zero-order chi connectivity index (χ0) is 17.5. The first kappa shape index (κ1) is 17.7.